The van der Waals surface area contributed by atoms with Crippen molar-refractivity contribution in [3.8, 4) is 11.5 Å². The lowest BCUT2D eigenvalue weighted by molar-refractivity contribution is -0.671. The molecule has 0 saturated carbocycles. The number of alkyl halides is 2. The Morgan fingerprint density at radius 3 is 2.71 bits per heavy atom. The van der Waals surface area contributed by atoms with Crippen LogP contribution in [0.4, 0.5) is 8.78 Å². The molecule has 7 heteroatoms. The Kier molecular flexibility index (Phi) is 5.58. The second-order valence-corrected chi connectivity index (χ2v) is 12.0. The Labute approximate surface area is 225 Å². The topological polar surface area (TPSA) is 37.4 Å². The van der Waals surface area contributed by atoms with Gasteiger partial charge in [-0.05, 0) is 100 Å². The minimum Gasteiger partial charge on any atom is -0.507 e. The van der Waals surface area contributed by atoms with E-state index in [0.29, 0.717) is 22.8 Å². The summed E-state index contributed by atoms with van der Waals surface area (Å²) in [7, 11) is 0. The Morgan fingerprint density at radius 2 is 1.92 bits per heavy atom. The van der Waals surface area contributed by atoms with Crippen molar-refractivity contribution in [3.63, 3.8) is 0 Å². The summed E-state index contributed by atoms with van der Waals surface area (Å²) in [5.41, 5.74) is 5.84. The van der Waals surface area contributed by atoms with E-state index in [0.717, 1.165) is 66.8 Å². The number of ether oxygens (including phenoxy) is 1. The molecule has 0 bridgehead atoms. The van der Waals surface area contributed by atoms with Crippen LogP contribution in [0.15, 0.2) is 36.0 Å². The zero-order valence-electron chi connectivity index (χ0n) is 22.2. The highest BCUT2D eigenvalue weighted by atomic mass is 32.1. The quantitative estimate of drug-likeness (QED) is 0.280. The molecule has 0 aliphatic carbocycles. The predicted octanol–water partition coefficient (Wildman–Crippen LogP) is 7.50. The third kappa shape index (κ3) is 3.78. The Bertz CT molecular complexity index is 1620. The molecular weight excluding hydrogens is 500 g/mol. The monoisotopic (exact) mass is 531 g/mol. The fraction of sp³-hybridized carbons (Fsp3) is 0.323. The zero-order chi connectivity index (χ0) is 27.0. The van der Waals surface area contributed by atoms with Gasteiger partial charge in [0.25, 0.3) is 0 Å². The Balaban J connectivity index is 1.24. The number of rotatable bonds is 4. The van der Waals surface area contributed by atoms with Crippen LogP contribution in [0.1, 0.15) is 62.3 Å². The third-order valence-corrected chi connectivity index (χ3v) is 9.18. The first-order valence-corrected chi connectivity index (χ1v) is 13.7. The van der Waals surface area contributed by atoms with Gasteiger partial charge >= 0.3 is 6.17 Å². The normalized spacial score (nSPS) is 21.1. The number of aromatic hydroxyl groups is 1. The van der Waals surface area contributed by atoms with E-state index in [-0.39, 0.29) is 5.60 Å². The van der Waals surface area contributed by atoms with Crippen LogP contribution in [0, 0.1) is 27.7 Å². The number of benzene rings is 1. The Morgan fingerprint density at radius 1 is 1.13 bits per heavy atom. The van der Waals surface area contributed by atoms with Crippen molar-refractivity contribution in [2.45, 2.75) is 65.7 Å². The van der Waals surface area contributed by atoms with Crippen LogP contribution in [0.25, 0.3) is 18.2 Å². The fourth-order valence-electron chi connectivity index (χ4n) is 5.82. The molecule has 0 unspecified atom stereocenters. The molecule has 0 amide bonds. The summed E-state index contributed by atoms with van der Waals surface area (Å²) < 4.78 is 39.5. The van der Waals surface area contributed by atoms with Gasteiger partial charge in [0, 0.05) is 40.0 Å². The fourth-order valence-corrected chi connectivity index (χ4v) is 6.90. The number of hydrogen-bond donors (Lipinski definition) is 1. The smallest absolute Gasteiger partial charge is 0.507 e. The zero-order valence-corrected chi connectivity index (χ0v) is 23.0. The molecule has 4 nitrogen and oxygen atoms in total. The summed E-state index contributed by atoms with van der Waals surface area (Å²) in [6.45, 7) is 9.91. The minimum atomic E-state index is -3.17. The number of aromatic nitrogens is 1. The van der Waals surface area contributed by atoms with E-state index in [1.54, 1.807) is 29.6 Å². The average Bonchev–Trinajstić information content (AvgIpc) is 3.60. The summed E-state index contributed by atoms with van der Waals surface area (Å²) in [4.78, 5) is 2.19. The van der Waals surface area contributed by atoms with Gasteiger partial charge in [-0.2, -0.15) is 0 Å². The molecule has 6 rings (SSSR count). The third-order valence-electron chi connectivity index (χ3n) is 8.13. The van der Waals surface area contributed by atoms with Crippen molar-refractivity contribution in [1.82, 2.24) is 4.57 Å². The molecular formula is C31H31F2N2O2S+. The van der Waals surface area contributed by atoms with Crippen LogP contribution in [0.5, 0.6) is 11.5 Å². The van der Waals surface area contributed by atoms with E-state index in [9.17, 15) is 5.11 Å². The highest BCUT2D eigenvalue weighted by Gasteiger charge is 2.52. The maximum atomic E-state index is 15.4. The van der Waals surface area contributed by atoms with Crippen LogP contribution in [-0.2, 0) is 19.0 Å². The van der Waals surface area contributed by atoms with Gasteiger partial charge < -0.3 is 9.84 Å². The van der Waals surface area contributed by atoms with Gasteiger partial charge in [-0.1, -0.05) is 0 Å². The molecule has 3 aliphatic rings. The highest BCUT2D eigenvalue weighted by Crippen LogP contribution is 2.44. The molecule has 2 aromatic heterocycles. The molecule has 38 heavy (non-hydrogen) atoms. The van der Waals surface area contributed by atoms with Crippen molar-refractivity contribution in [3.05, 3.63) is 85.0 Å². The molecule has 0 saturated heterocycles. The van der Waals surface area contributed by atoms with Crippen LogP contribution in [0.2, 0.25) is 0 Å². The largest absolute Gasteiger partial charge is 0.565 e. The first-order chi connectivity index (χ1) is 18.0. The first-order valence-electron chi connectivity index (χ1n) is 12.9. The molecule has 0 fully saturated rings. The van der Waals surface area contributed by atoms with Crippen LogP contribution in [-0.4, -0.2) is 26.1 Å². The molecule has 196 valence electrons. The molecule has 1 N–H and O–H groups in total. The van der Waals surface area contributed by atoms with Crippen molar-refractivity contribution < 1.29 is 23.2 Å². The second-order valence-electron chi connectivity index (χ2n) is 10.8. The van der Waals surface area contributed by atoms with Crippen molar-refractivity contribution in [2.24, 2.45) is 0 Å². The summed E-state index contributed by atoms with van der Waals surface area (Å²) >= 11 is 1.66. The minimum absolute atomic E-state index is 0.358. The molecule has 3 aliphatic heterocycles. The van der Waals surface area contributed by atoms with Gasteiger partial charge in [-0.15, -0.1) is 24.7 Å². The molecule has 3 aromatic rings. The van der Waals surface area contributed by atoms with Crippen LogP contribution < -0.4 is 4.74 Å². The summed E-state index contributed by atoms with van der Waals surface area (Å²) in [6, 6.07) is 5.95. The van der Waals surface area contributed by atoms with E-state index in [2.05, 4.69) is 13.0 Å². The van der Waals surface area contributed by atoms with E-state index in [4.69, 9.17) is 4.74 Å². The molecule has 1 aromatic carbocycles. The average molecular weight is 532 g/mol. The summed E-state index contributed by atoms with van der Waals surface area (Å²) in [5.74, 6) is 1.27. The molecule has 5 heterocycles. The van der Waals surface area contributed by atoms with Gasteiger partial charge in [-0.3, -0.25) is 0 Å². The van der Waals surface area contributed by atoms with Gasteiger partial charge in [0.2, 0.25) is 5.70 Å². The lowest BCUT2D eigenvalue weighted by Gasteiger charge is -2.37. The maximum absolute atomic E-state index is 15.4. The van der Waals surface area contributed by atoms with E-state index < -0.39 is 6.17 Å². The molecule has 0 radical (unpaired) electrons. The number of allylic oxidation sites excluding steroid dienone is 2. The van der Waals surface area contributed by atoms with E-state index >= 15 is 8.78 Å². The molecule has 0 spiro atoms. The predicted molar refractivity (Wildman–Crippen MR) is 149 cm³/mol. The van der Waals surface area contributed by atoms with E-state index in [1.165, 1.54) is 11.1 Å². The highest BCUT2D eigenvalue weighted by molar-refractivity contribution is 7.12. The standard InChI is InChI=1S/C31H30F2N2O2S/c1-18-15-23(35-27(18)16-22-7-6-14-34(22)31(35,32)33)8-9-24-10-11-25(38-24)17-30(5)13-12-26-21(4)28(36)19(2)20(3)29(26)37-30/h6-11,14-16H,12-13,17H2,1-5H3/p+1/b9-8+/t30-/m0/s1/i32-1,33-1. The molecule has 1 atom stereocenters. The number of phenols is 1. The number of halogens is 2. The number of aryl methyl sites for hydroxylation is 1. The van der Waals surface area contributed by atoms with Crippen LogP contribution in [0.3, 0.4) is 0 Å². The van der Waals surface area contributed by atoms with Crippen molar-refractivity contribution in [1.29, 1.82) is 0 Å². The van der Waals surface area contributed by atoms with Crippen molar-refractivity contribution in [2.75, 3.05) is 0 Å². The summed E-state index contributed by atoms with van der Waals surface area (Å²) in [5, 5.41) is 10.5. The lowest BCUT2D eigenvalue weighted by Crippen LogP contribution is -2.39. The summed E-state index contributed by atoms with van der Waals surface area (Å²) in [6.07, 6.45) is 9.56. The SMILES string of the molecule is Cc1cc(/C=C/c2ccc(C[C@]3(C)CCc4c(C)c(O)c(C)c(C)c4O3)s2)n2c1C=C1C=CC=[N+]1C2([18F])[18F]. The maximum Gasteiger partial charge on any atom is 0.565 e. The number of hydrogen-bond acceptors (Lipinski definition) is 3. The van der Waals surface area contributed by atoms with Gasteiger partial charge in [0.1, 0.15) is 17.1 Å². The van der Waals surface area contributed by atoms with Gasteiger partial charge in [-0.25, -0.2) is 4.57 Å². The van der Waals surface area contributed by atoms with Crippen LogP contribution >= 0.6 is 11.3 Å². The second kappa shape index (κ2) is 8.53. The number of nitrogens with zero attached hydrogens (tertiary/aromatic N) is 2. The van der Waals surface area contributed by atoms with Gasteiger partial charge in [0.05, 0.1) is 11.4 Å². The number of thiophene rings is 1. The van der Waals surface area contributed by atoms with E-state index in [1.807, 2.05) is 52.0 Å². The van der Waals surface area contributed by atoms with Gasteiger partial charge in [0.15, 0.2) is 6.21 Å². The first kappa shape index (κ1) is 24.9. The Hall–Kier alpha value is -3.45. The lowest BCUT2D eigenvalue weighted by atomic mass is 9.85. The van der Waals surface area contributed by atoms with Crippen molar-refractivity contribution >= 4 is 35.8 Å². The number of fused-ring (bicyclic) bond motifs is 3. The number of phenolic OH excluding ortho intramolecular Hbond substituents is 1.